The Bertz CT molecular complexity index is 800. The first-order valence-electron chi connectivity index (χ1n) is 6.22. The predicted molar refractivity (Wildman–Crippen MR) is 102 cm³/mol. The van der Waals surface area contributed by atoms with Crippen LogP contribution in [0.3, 0.4) is 0 Å². The lowest BCUT2D eigenvalue weighted by Gasteiger charge is -2.13. The van der Waals surface area contributed by atoms with E-state index in [0.717, 1.165) is 0 Å². The van der Waals surface area contributed by atoms with Gasteiger partial charge in [-0.25, -0.2) is 4.98 Å². The molecule has 24 heavy (non-hydrogen) atoms. The van der Waals surface area contributed by atoms with Gasteiger partial charge in [0.05, 0.1) is 10.7 Å². The summed E-state index contributed by atoms with van der Waals surface area (Å²) in [7, 11) is 0. The second-order valence-electron chi connectivity index (χ2n) is 4.33. The molecule has 2 aromatic rings. The van der Waals surface area contributed by atoms with E-state index in [9.17, 15) is 4.79 Å². The number of halogens is 4. The quantitative estimate of drug-likeness (QED) is 0.332. The lowest BCUT2D eigenvalue weighted by molar-refractivity contribution is 0.0939. The monoisotopic (exact) mass is 423 g/mol. The van der Waals surface area contributed by atoms with E-state index in [2.05, 4.69) is 21.2 Å². The van der Waals surface area contributed by atoms with Crippen molar-refractivity contribution in [2.24, 2.45) is 0 Å². The zero-order valence-corrected chi connectivity index (χ0v) is 15.5. The SMILES string of the molecule is Nc1c(Cl)c(Cl)nc(C(=O)NNC(=S)Nc2ccc(Cl)cc2)c1Cl. The number of hydrazine groups is 1. The number of nitrogens with two attached hydrogens (primary N) is 1. The van der Waals surface area contributed by atoms with Gasteiger partial charge in [0.2, 0.25) is 0 Å². The summed E-state index contributed by atoms with van der Waals surface area (Å²) < 4.78 is 0. The van der Waals surface area contributed by atoms with Gasteiger partial charge >= 0.3 is 0 Å². The van der Waals surface area contributed by atoms with Crippen molar-refractivity contribution in [3.8, 4) is 0 Å². The summed E-state index contributed by atoms with van der Waals surface area (Å²) in [5.41, 5.74) is 10.9. The van der Waals surface area contributed by atoms with Gasteiger partial charge in [0.25, 0.3) is 5.91 Å². The van der Waals surface area contributed by atoms with Crippen LogP contribution < -0.4 is 21.9 Å². The second-order valence-corrected chi connectivity index (χ2v) is 6.29. The third-order valence-corrected chi connectivity index (χ3v) is 4.27. The molecule has 0 radical (unpaired) electrons. The molecule has 0 unspecified atom stereocenters. The molecule has 1 aromatic carbocycles. The van der Waals surface area contributed by atoms with E-state index in [0.29, 0.717) is 10.7 Å². The first-order chi connectivity index (χ1) is 11.3. The molecule has 0 atom stereocenters. The van der Waals surface area contributed by atoms with Crippen molar-refractivity contribution < 1.29 is 4.79 Å². The standard InChI is InChI=1S/C13H9Cl4N5OS/c14-5-1-3-6(4-2-5)19-13(24)22-21-12(23)10-7(15)9(18)8(16)11(17)20-10/h1-4H,(H2,18,20)(H,21,23)(H2,19,22,24). The number of aromatic nitrogens is 1. The van der Waals surface area contributed by atoms with E-state index < -0.39 is 5.91 Å². The molecule has 0 saturated carbocycles. The van der Waals surface area contributed by atoms with Crippen LogP contribution in [0.2, 0.25) is 20.2 Å². The molecule has 1 heterocycles. The highest BCUT2D eigenvalue weighted by Crippen LogP contribution is 2.34. The van der Waals surface area contributed by atoms with Crippen LogP contribution in [0.1, 0.15) is 10.5 Å². The third-order valence-electron chi connectivity index (χ3n) is 2.68. The molecule has 11 heteroatoms. The smallest absolute Gasteiger partial charge is 0.289 e. The van der Waals surface area contributed by atoms with E-state index >= 15 is 0 Å². The summed E-state index contributed by atoms with van der Waals surface area (Å²) in [4.78, 5) is 15.9. The zero-order valence-electron chi connectivity index (χ0n) is 11.7. The molecule has 0 aliphatic heterocycles. The number of nitrogen functional groups attached to an aromatic ring is 1. The predicted octanol–water partition coefficient (Wildman–Crippen LogP) is 3.91. The number of carbonyl (C=O) groups excluding carboxylic acids is 1. The normalized spacial score (nSPS) is 10.2. The van der Waals surface area contributed by atoms with Gasteiger partial charge in [-0.15, -0.1) is 0 Å². The Kier molecular flexibility index (Phi) is 6.31. The van der Waals surface area contributed by atoms with Gasteiger partial charge < -0.3 is 11.1 Å². The minimum absolute atomic E-state index is 0.0221. The van der Waals surface area contributed by atoms with Crippen molar-refractivity contribution >= 4 is 81.0 Å². The van der Waals surface area contributed by atoms with Gasteiger partial charge in [0.1, 0.15) is 5.02 Å². The Morgan fingerprint density at radius 1 is 1.04 bits per heavy atom. The number of rotatable bonds is 2. The van der Waals surface area contributed by atoms with Crippen molar-refractivity contribution in [3.63, 3.8) is 0 Å². The number of hydrogen-bond acceptors (Lipinski definition) is 4. The van der Waals surface area contributed by atoms with Gasteiger partial charge in [0.15, 0.2) is 16.0 Å². The first-order valence-corrected chi connectivity index (χ1v) is 8.14. The lowest BCUT2D eigenvalue weighted by Crippen LogP contribution is -2.44. The van der Waals surface area contributed by atoms with Crippen molar-refractivity contribution in [2.45, 2.75) is 0 Å². The Morgan fingerprint density at radius 3 is 2.29 bits per heavy atom. The van der Waals surface area contributed by atoms with Gasteiger partial charge in [-0.1, -0.05) is 46.4 Å². The molecule has 0 bridgehead atoms. The Balaban J connectivity index is 2.00. The molecule has 0 spiro atoms. The molecule has 126 valence electrons. The molecule has 0 aliphatic rings. The Hall–Kier alpha value is -1.51. The van der Waals surface area contributed by atoms with Gasteiger partial charge in [-0.05, 0) is 36.5 Å². The van der Waals surface area contributed by atoms with Crippen LogP contribution in [0.25, 0.3) is 0 Å². The summed E-state index contributed by atoms with van der Waals surface area (Å²) >= 11 is 28.4. The van der Waals surface area contributed by atoms with Gasteiger partial charge in [-0.3, -0.25) is 15.6 Å². The third kappa shape index (κ3) is 4.52. The number of hydrogen-bond donors (Lipinski definition) is 4. The number of nitrogens with zero attached hydrogens (tertiary/aromatic N) is 1. The minimum atomic E-state index is -0.689. The van der Waals surface area contributed by atoms with Gasteiger partial charge in [0, 0.05) is 10.7 Å². The number of benzene rings is 1. The van der Waals surface area contributed by atoms with Crippen LogP contribution in [-0.4, -0.2) is 16.0 Å². The fourth-order valence-electron chi connectivity index (χ4n) is 1.55. The van der Waals surface area contributed by atoms with Crippen LogP contribution in [-0.2, 0) is 0 Å². The van der Waals surface area contributed by atoms with Crippen LogP contribution in [0.5, 0.6) is 0 Å². The Morgan fingerprint density at radius 2 is 1.67 bits per heavy atom. The highest BCUT2D eigenvalue weighted by atomic mass is 35.5. The number of pyridine rings is 1. The number of thiocarbonyl (C=S) groups is 1. The molecule has 0 saturated heterocycles. The number of amides is 1. The largest absolute Gasteiger partial charge is 0.396 e. The summed E-state index contributed by atoms with van der Waals surface area (Å²) in [6, 6.07) is 6.81. The molecule has 5 N–H and O–H groups in total. The van der Waals surface area contributed by atoms with Crippen molar-refractivity contribution in [1.82, 2.24) is 15.8 Å². The van der Waals surface area contributed by atoms with Crippen LogP contribution in [0, 0.1) is 0 Å². The minimum Gasteiger partial charge on any atom is -0.396 e. The van der Waals surface area contributed by atoms with E-state index in [1.165, 1.54) is 0 Å². The fraction of sp³-hybridized carbons (Fsp3) is 0. The maximum atomic E-state index is 12.1. The summed E-state index contributed by atoms with van der Waals surface area (Å²) in [6.07, 6.45) is 0. The zero-order chi connectivity index (χ0) is 17.9. The average molecular weight is 425 g/mol. The number of anilines is 2. The van der Waals surface area contributed by atoms with Crippen molar-refractivity contribution in [3.05, 3.63) is 50.2 Å². The van der Waals surface area contributed by atoms with Crippen molar-refractivity contribution in [2.75, 3.05) is 11.1 Å². The van der Waals surface area contributed by atoms with E-state index in [1.807, 2.05) is 0 Å². The van der Waals surface area contributed by atoms with E-state index in [1.54, 1.807) is 24.3 Å². The molecule has 0 aliphatic carbocycles. The van der Waals surface area contributed by atoms with E-state index in [-0.39, 0.29) is 31.7 Å². The highest BCUT2D eigenvalue weighted by molar-refractivity contribution is 7.80. The summed E-state index contributed by atoms with van der Waals surface area (Å²) in [5, 5.41) is 3.30. The maximum Gasteiger partial charge on any atom is 0.289 e. The molecule has 1 aromatic heterocycles. The molecular weight excluding hydrogens is 416 g/mol. The molecule has 6 nitrogen and oxygen atoms in total. The topological polar surface area (TPSA) is 92.1 Å². The van der Waals surface area contributed by atoms with E-state index in [4.69, 9.17) is 64.4 Å². The lowest BCUT2D eigenvalue weighted by atomic mass is 10.3. The molecule has 0 fully saturated rings. The van der Waals surface area contributed by atoms with Gasteiger partial charge in [-0.2, -0.15) is 0 Å². The fourth-order valence-corrected chi connectivity index (χ4v) is 2.44. The second kappa shape index (κ2) is 8.04. The van der Waals surface area contributed by atoms with Crippen molar-refractivity contribution in [1.29, 1.82) is 0 Å². The molecule has 2 rings (SSSR count). The highest BCUT2D eigenvalue weighted by Gasteiger charge is 2.19. The van der Waals surface area contributed by atoms with Crippen LogP contribution in [0.15, 0.2) is 24.3 Å². The molecule has 1 amide bonds. The number of carbonyl (C=O) groups is 1. The first kappa shape index (κ1) is 18.8. The molecular formula is C13H9Cl4N5OS. The van der Waals surface area contributed by atoms with Crippen LogP contribution >= 0.6 is 58.6 Å². The average Bonchev–Trinajstić information content (AvgIpc) is 2.56. The maximum absolute atomic E-state index is 12.1. The van der Waals surface area contributed by atoms with Crippen LogP contribution in [0.4, 0.5) is 11.4 Å². The Labute approximate surface area is 162 Å². The summed E-state index contributed by atoms with van der Waals surface area (Å²) in [6.45, 7) is 0. The number of nitrogens with one attached hydrogen (secondary N) is 3. The summed E-state index contributed by atoms with van der Waals surface area (Å²) in [5.74, 6) is -0.689.